The highest BCUT2D eigenvalue weighted by molar-refractivity contribution is 5.76. The Balaban J connectivity index is 1.96. The van der Waals surface area contributed by atoms with E-state index in [1.165, 1.54) is 32.1 Å². The van der Waals surface area contributed by atoms with Crippen molar-refractivity contribution < 1.29 is 9.90 Å². The van der Waals surface area contributed by atoms with Gasteiger partial charge in [-0.1, -0.05) is 38.8 Å². The molecule has 3 atom stereocenters. The molecule has 2 fully saturated rings. The molecular formula is C20H30O2. The molecule has 0 aromatic heterocycles. The minimum absolute atomic E-state index is 0.125. The van der Waals surface area contributed by atoms with Crippen LogP contribution < -0.4 is 0 Å². The third-order valence-corrected chi connectivity index (χ3v) is 7.03. The molecule has 0 aromatic carbocycles. The van der Waals surface area contributed by atoms with Gasteiger partial charge in [0.15, 0.2) is 0 Å². The first kappa shape index (κ1) is 16.0. The van der Waals surface area contributed by atoms with Crippen LogP contribution >= 0.6 is 0 Å². The number of hydrogen-bond donors (Lipinski definition) is 1. The molecule has 0 saturated heterocycles. The van der Waals surface area contributed by atoms with E-state index in [0.29, 0.717) is 22.3 Å². The second-order valence-electron chi connectivity index (χ2n) is 8.58. The Morgan fingerprint density at radius 2 is 2.05 bits per heavy atom. The maximum absolute atomic E-state index is 11.1. The van der Waals surface area contributed by atoms with E-state index in [2.05, 4.69) is 26.8 Å². The number of aldehydes is 1. The van der Waals surface area contributed by atoms with Gasteiger partial charge in [0.1, 0.15) is 6.29 Å². The summed E-state index contributed by atoms with van der Waals surface area (Å²) in [7, 11) is 0. The molecule has 0 radical (unpaired) electrons. The van der Waals surface area contributed by atoms with Gasteiger partial charge in [0, 0.05) is 5.57 Å². The van der Waals surface area contributed by atoms with Crippen molar-refractivity contribution in [3.05, 3.63) is 22.8 Å². The fourth-order valence-corrected chi connectivity index (χ4v) is 5.96. The van der Waals surface area contributed by atoms with Crippen LogP contribution in [0.25, 0.3) is 0 Å². The van der Waals surface area contributed by atoms with Gasteiger partial charge in [-0.15, -0.1) is 0 Å². The number of carbonyl (C=O) groups is 1. The van der Waals surface area contributed by atoms with Crippen molar-refractivity contribution in [3.63, 3.8) is 0 Å². The van der Waals surface area contributed by atoms with E-state index in [0.717, 1.165) is 30.6 Å². The zero-order chi connectivity index (χ0) is 16.0. The minimum atomic E-state index is -0.125. The average Bonchev–Trinajstić information content (AvgIpc) is 2.47. The molecule has 122 valence electrons. The second-order valence-corrected chi connectivity index (χ2v) is 8.58. The molecule has 0 heterocycles. The third-order valence-electron chi connectivity index (χ3n) is 7.03. The highest BCUT2D eigenvalue weighted by atomic mass is 16.3. The fourth-order valence-electron chi connectivity index (χ4n) is 5.96. The SMILES string of the molecule is CC1(C)CCC[C@@]2(C)[C@@H]3CC/C(=C(\C=O)CO)C=C3CC[C@H]12. The number of allylic oxidation sites excluding steroid dienone is 3. The van der Waals surface area contributed by atoms with Crippen molar-refractivity contribution in [2.24, 2.45) is 22.7 Å². The highest BCUT2D eigenvalue weighted by Crippen LogP contribution is 2.62. The Hall–Kier alpha value is -0.890. The molecule has 0 amide bonds. The van der Waals surface area contributed by atoms with Crippen molar-refractivity contribution in [2.45, 2.75) is 65.7 Å². The lowest BCUT2D eigenvalue weighted by molar-refractivity contribution is -0.105. The summed E-state index contributed by atoms with van der Waals surface area (Å²) in [6.45, 7) is 7.33. The first-order chi connectivity index (χ1) is 10.4. The Morgan fingerprint density at radius 3 is 2.73 bits per heavy atom. The smallest absolute Gasteiger partial charge is 0.148 e. The van der Waals surface area contributed by atoms with Crippen molar-refractivity contribution >= 4 is 6.29 Å². The van der Waals surface area contributed by atoms with Crippen LogP contribution in [0.4, 0.5) is 0 Å². The van der Waals surface area contributed by atoms with Crippen LogP contribution in [0.5, 0.6) is 0 Å². The molecular weight excluding hydrogens is 272 g/mol. The van der Waals surface area contributed by atoms with E-state index >= 15 is 0 Å². The van der Waals surface area contributed by atoms with Crippen LogP contribution in [0.2, 0.25) is 0 Å². The lowest BCUT2D eigenvalue weighted by Crippen LogP contribution is -2.50. The zero-order valence-electron chi connectivity index (χ0n) is 14.3. The lowest BCUT2D eigenvalue weighted by Gasteiger charge is -2.59. The normalized spacial score (nSPS) is 39.4. The van der Waals surface area contributed by atoms with Crippen LogP contribution in [0.1, 0.15) is 65.7 Å². The van der Waals surface area contributed by atoms with Crippen LogP contribution in [-0.4, -0.2) is 18.0 Å². The van der Waals surface area contributed by atoms with Gasteiger partial charge in [0.05, 0.1) is 6.61 Å². The first-order valence-corrected chi connectivity index (χ1v) is 8.91. The Bertz CT molecular complexity index is 526. The lowest BCUT2D eigenvalue weighted by atomic mass is 9.46. The molecule has 0 bridgehead atoms. The first-order valence-electron chi connectivity index (χ1n) is 8.91. The molecule has 2 saturated carbocycles. The predicted molar refractivity (Wildman–Crippen MR) is 89.4 cm³/mol. The number of aliphatic hydroxyl groups is 1. The summed E-state index contributed by atoms with van der Waals surface area (Å²) in [5.41, 5.74) is 4.11. The van der Waals surface area contributed by atoms with Crippen molar-refractivity contribution in [3.8, 4) is 0 Å². The summed E-state index contributed by atoms with van der Waals surface area (Å²) in [6, 6.07) is 0. The summed E-state index contributed by atoms with van der Waals surface area (Å²) in [4.78, 5) is 11.1. The zero-order valence-corrected chi connectivity index (χ0v) is 14.3. The van der Waals surface area contributed by atoms with Gasteiger partial charge >= 0.3 is 0 Å². The predicted octanol–water partition coefficient (Wildman–Crippen LogP) is 4.44. The molecule has 3 aliphatic rings. The van der Waals surface area contributed by atoms with Gasteiger partial charge < -0.3 is 5.11 Å². The Labute approximate surface area is 134 Å². The highest BCUT2D eigenvalue weighted by Gasteiger charge is 2.53. The van der Waals surface area contributed by atoms with Crippen molar-refractivity contribution in [2.75, 3.05) is 6.61 Å². The van der Waals surface area contributed by atoms with Gasteiger partial charge in [0.2, 0.25) is 0 Å². The number of carbonyl (C=O) groups excluding carboxylic acids is 1. The monoisotopic (exact) mass is 302 g/mol. The molecule has 0 aromatic rings. The average molecular weight is 302 g/mol. The Morgan fingerprint density at radius 1 is 1.27 bits per heavy atom. The van der Waals surface area contributed by atoms with E-state index in [1.54, 1.807) is 5.57 Å². The summed E-state index contributed by atoms with van der Waals surface area (Å²) in [5, 5.41) is 9.36. The topological polar surface area (TPSA) is 37.3 Å². The molecule has 3 rings (SSSR count). The standard InChI is InChI=1S/C20H30O2/c1-19(2)9-4-10-20(3)17-7-5-14(16(12-21)13-22)11-15(17)6-8-18(19)20/h11-12,17-18,22H,4-10,13H2,1-3H3/b16-14-/t17-,18-,20+/m1/s1. The van der Waals surface area contributed by atoms with E-state index < -0.39 is 0 Å². The van der Waals surface area contributed by atoms with Gasteiger partial charge in [-0.05, 0) is 66.8 Å². The van der Waals surface area contributed by atoms with Gasteiger partial charge in [-0.3, -0.25) is 4.79 Å². The maximum atomic E-state index is 11.1. The van der Waals surface area contributed by atoms with E-state index in [4.69, 9.17) is 0 Å². The number of aliphatic hydroxyl groups excluding tert-OH is 1. The van der Waals surface area contributed by atoms with Crippen LogP contribution in [-0.2, 0) is 4.79 Å². The maximum Gasteiger partial charge on any atom is 0.148 e. The van der Waals surface area contributed by atoms with Crippen LogP contribution in [0.15, 0.2) is 22.8 Å². The number of hydrogen-bond acceptors (Lipinski definition) is 2. The van der Waals surface area contributed by atoms with E-state index in [9.17, 15) is 9.90 Å². The third kappa shape index (κ3) is 2.40. The van der Waals surface area contributed by atoms with E-state index in [-0.39, 0.29) is 6.61 Å². The van der Waals surface area contributed by atoms with Gasteiger partial charge in [-0.25, -0.2) is 0 Å². The van der Waals surface area contributed by atoms with Crippen molar-refractivity contribution in [1.82, 2.24) is 0 Å². The van der Waals surface area contributed by atoms with Gasteiger partial charge in [-0.2, -0.15) is 0 Å². The summed E-state index contributed by atoms with van der Waals surface area (Å²) in [6.07, 6.45) is 11.7. The summed E-state index contributed by atoms with van der Waals surface area (Å²) >= 11 is 0. The van der Waals surface area contributed by atoms with Crippen molar-refractivity contribution in [1.29, 1.82) is 0 Å². The molecule has 2 heteroatoms. The molecule has 22 heavy (non-hydrogen) atoms. The fraction of sp³-hybridized carbons (Fsp3) is 0.750. The molecule has 1 N–H and O–H groups in total. The summed E-state index contributed by atoms with van der Waals surface area (Å²) in [5.74, 6) is 1.51. The van der Waals surface area contributed by atoms with Crippen LogP contribution in [0.3, 0.4) is 0 Å². The molecule has 0 aliphatic heterocycles. The number of fused-ring (bicyclic) bond motifs is 3. The Kier molecular flexibility index (Phi) is 4.09. The quantitative estimate of drug-likeness (QED) is 0.605. The largest absolute Gasteiger partial charge is 0.392 e. The second kappa shape index (κ2) is 5.63. The molecule has 0 spiro atoms. The van der Waals surface area contributed by atoms with E-state index in [1.807, 2.05) is 0 Å². The summed E-state index contributed by atoms with van der Waals surface area (Å²) < 4.78 is 0. The minimum Gasteiger partial charge on any atom is -0.392 e. The number of rotatable bonds is 2. The molecule has 0 unspecified atom stereocenters. The molecule has 3 aliphatic carbocycles. The van der Waals surface area contributed by atoms with Crippen LogP contribution in [0, 0.1) is 22.7 Å². The van der Waals surface area contributed by atoms with Gasteiger partial charge in [0.25, 0.3) is 0 Å². The molecule has 2 nitrogen and oxygen atoms in total.